The van der Waals surface area contributed by atoms with Crippen LogP contribution in [0.1, 0.15) is 41.6 Å². The Morgan fingerprint density at radius 2 is 1.43 bits per heavy atom. The number of hydrogen-bond donors (Lipinski definition) is 2. The monoisotopic (exact) mass is 603 g/mol. The van der Waals surface area contributed by atoms with Crippen molar-refractivity contribution in [3.05, 3.63) is 136 Å². The minimum absolute atomic E-state index is 0.132. The van der Waals surface area contributed by atoms with Crippen LogP contribution in [0.4, 0.5) is 0 Å². The van der Waals surface area contributed by atoms with E-state index in [1.807, 2.05) is 78.9 Å². The second kappa shape index (κ2) is 14.8. The molecule has 1 atom stereocenters. The molecule has 9 heteroatoms. The van der Waals surface area contributed by atoms with E-state index in [2.05, 4.69) is 10.0 Å². The molecule has 0 saturated heterocycles. The number of sulfonamides is 1. The van der Waals surface area contributed by atoms with Gasteiger partial charge in [-0.1, -0.05) is 110 Å². The van der Waals surface area contributed by atoms with Gasteiger partial charge in [-0.2, -0.15) is 0 Å². The summed E-state index contributed by atoms with van der Waals surface area (Å²) in [4.78, 5) is 29.5. The Bertz CT molecular complexity index is 1580. The number of rotatable bonds is 13. The van der Waals surface area contributed by atoms with Crippen molar-refractivity contribution >= 4 is 33.4 Å². The maximum atomic E-state index is 13.9. The lowest BCUT2D eigenvalue weighted by molar-refractivity contribution is -0.141. The van der Waals surface area contributed by atoms with Gasteiger partial charge in [0.25, 0.3) is 0 Å². The van der Waals surface area contributed by atoms with Crippen LogP contribution in [0.5, 0.6) is 0 Å². The van der Waals surface area contributed by atoms with Gasteiger partial charge in [0.1, 0.15) is 6.04 Å². The standard InChI is InChI=1S/C33H34ClN3O4S/c1-2-36-42(40,41)29-20-17-25(18-21-29)19-22-31(38)37(24-26-11-5-3-6-12-26)32(27-13-7-4-8-14-27)33(39)35-23-28-15-9-10-16-30(28)34/h3-18,20-21,32,36H,2,19,22-24H2,1H3,(H,35,39)/t32-/m1/s1. The van der Waals surface area contributed by atoms with E-state index in [1.165, 1.54) is 12.1 Å². The Morgan fingerprint density at radius 3 is 2.07 bits per heavy atom. The Balaban J connectivity index is 1.59. The largest absolute Gasteiger partial charge is 0.350 e. The summed E-state index contributed by atoms with van der Waals surface area (Å²) >= 11 is 6.32. The van der Waals surface area contributed by atoms with Crippen LogP contribution in [0, 0.1) is 0 Å². The number of aryl methyl sites for hydroxylation is 1. The molecule has 4 aromatic rings. The van der Waals surface area contributed by atoms with Gasteiger partial charge in [0.05, 0.1) is 4.90 Å². The van der Waals surface area contributed by atoms with E-state index < -0.39 is 16.1 Å². The molecule has 0 saturated carbocycles. The van der Waals surface area contributed by atoms with Gasteiger partial charge in [0.15, 0.2) is 0 Å². The van der Waals surface area contributed by atoms with Gasteiger partial charge < -0.3 is 10.2 Å². The number of amides is 2. The van der Waals surface area contributed by atoms with Crippen LogP contribution in [0.15, 0.2) is 114 Å². The molecule has 0 aliphatic rings. The molecule has 0 heterocycles. The molecular formula is C33H34ClN3O4S. The van der Waals surface area contributed by atoms with E-state index in [1.54, 1.807) is 30.0 Å². The van der Waals surface area contributed by atoms with Crippen molar-refractivity contribution in [2.45, 2.75) is 43.8 Å². The van der Waals surface area contributed by atoms with Gasteiger partial charge in [-0.3, -0.25) is 9.59 Å². The van der Waals surface area contributed by atoms with Crippen molar-refractivity contribution in [2.75, 3.05) is 6.54 Å². The van der Waals surface area contributed by atoms with Crippen LogP contribution in [-0.2, 0) is 39.1 Å². The topological polar surface area (TPSA) is 95.6 Å². The van der Waals surface area contributed by atoms with Crippen LogP contribution < -0.4 is 10.0 Å². The van der Waals surface area contributed by atoms with Gasteiger partial charge >= 0.3 is 0 Å². The van der Waals surface area contributed by atoms with Crippen LogP contribution >= 0.6 is 11.6 Å². The van der Waals surface area contributed by atoms with E-state index in [0.29, 0.717) is 23.6 Å². The third kappa shape index (κ3) is 8.28. The molecule has 4 aromatic carbocycles. The normalized spacial score (nSPS) is 12.0. The SMILES string of the molecule is CCNS(=O)(=O)c1ccc(CCC(=O)N(Cc2ccccc2)[C@@H](C(=O)NCc2ccccc2Cl)c2ccccc2)cc1. The molecule has 4 rings (SSSR count). The highest BCUT2D eigenvalue weighted by Gasteiger charge is 2.31. The maximum Gasteiger partial charge on any atom is 0.247 e. The first kappa shape index (κ1) is 31.0. The fourth-order valence-electron chi connectivity index (χ4n) is 4.64. The number of benzene rings is 4. The summed E-state index contributed by atoms with van der Waals surface area (Å²) in [6, 6.07) is 31.7. The summed E-state index contributed by atoms with van der Waals surface area (Å²) in [6.07, 6.45) is 0.516. The van der Waals surface area contributed by atoms with E-state index in [4.69, 9.17) is 11.6 Å². The first-order valence-corrected chi connectivity index (χ1v) is 15.6. The predicted molar refractivity (Wildman–Crippen MR) is 165 cm³/mol. The summed E-state index contributed by atoms with van der Waals surface area (Å²) in [6.45, 7) is 2.47. The fourth-order valence-corrected chi connectivity index (χ4v) is 5.88. The summed E-state index contributed by atoms with van der Waals surface area (Å²) in [5, 5.41) is 3.54. The lowest BCUT2D eigenvalue weighted by Crippen LogP contribution is -2.43. The minimum atomic E-state index is -3.56. The number of nitrogens with one attached hydrogen (secondary N) is 2. The predicted octanol–water partition coefficient (Wildman–Crippen LogP) is 5.66. The third-order valence-corrected chi connectivity index (χ3v) is 8.73. The average Bonchev–Trinajstić information content (AvgIpc) is 3.00. The van der Waals surface area contributed by atoms with E-state index >= 15 is 0 Å². The number of hydrogen-bond acceptors (Lipinski definition) is 4. The maximum absolute atomic E-state index is 13.9. The van der Waals surface area contributed by atoms with Crippen molar-refractivity contribution in [3.8, 4) is 0 Å². The van der Waals surface area contributed by atoms with Gasteiger partial charge in [0, 0.05) is 31.1 Å². The molecule has 0 bridgehead atoms. The molecule has 218 valence electrons. The molecule has 0 unspecified atom stereocenters. The molecule has 0 aromatic heterocycles. The smallest absolute Gasteiger partial charge is 0.247 e. The lowest BCUT2D eigenvalue weighted by Gasteiger charge is -2.32. The van der Waals surface area contributed by atoms with Crippen molar-refractivity contribution in [1.29, 1.82) is 0 Å². The summed E-state index contributed by atoms with van der Waals surface area (Å²) < 4.78 is 27.1. The highest BCUT2D eigenvalue weighted by atomic mass is 35.5. The Hall–Kier alpha value is -3.98. The third-order valence-electron chi connectivity index (χ3n) is 6.80. The minimum Gasteiger partial charge on any atom is -0.350 e. The molecule has 42 heavy (non-hydrogen) atoms. The molecule has 2 amide bonds. The van der Waals surface area contributed by atoms with Gasteiger partial charge in [0.2, 0.25) is 21.8 Å². The van der Waals surface area contributed by atoms with Crippen LogP contribution in [0.25, 0.3) is 0 Å². The van der Waals surface area contributed by atoms with Crippen molar-refractivity contribution < 1.29 is 18.0 Å². The molecule has 0 fully saturated rings. The number of halogens is 1. The summed E-state index contributed by atoms with van der Waals surface area (Å²) in [7, 11) is -3.56. The Labute approximate surface area is 252 Å². The molecule has 0 radical (unpaired) electrons. The van der Waals surface area contributed by atoms with Gasteiger partial charge in [-0.15, -0.1) is 0 Å². The molecule has 2 N–H and O–H groups in total. The van der Waals surface area contributed by atoms with Crippen LogP contribution in [-0.4, -0.2) is 31.7 Å². The second-order valence-corrected chi connectivity index (χ2v) is 11.9. The first-order valence-electron chi connectivity index (χ1n) is 13.8. The summed E-state index contributed by atoms with van der Waals surface area (Å²) in [5.41, 5.74) is 3.18. The molecule has 0 aliphatic carbocycles. The number of carbonyl (C=O) groups is 2. The fraction of sp³-hybridized carbons (Fsp3) is 0.212. The number of nitrogens with zero attached hydrogens (tertiary/aromatic N) is 1. The Morgan fingerprint density at radius 1 is 0.810 bits per heavy atom. The second-order valence-electron chi connectivity index (χ2n) is 9.77. The highest BCUT2D eigenvalue weighted by molar-refractivity contribution is 7.89. The van der Waals surface area contributed by atoms with E-state index in [0.717, 1.165) is 16.7 Å². The van der Waals surface area contributed by atoms with Gasteiger partial charge in [-0.25, -0.2) is 13.1 Å². The zero-order valence-corrected chi connectivity index (χ0v) is 24.9. The van der Waals surface area contributed by atoms with Crippen LogP contribution in [0.3, 0.4) is 0 Å². The first-order chi connectivity index (χ1) is 20.3. The average molecular weight is 604 g/mol. The molecular weight excluding hydrogens is 570 g/mol. The summed E-state index contributed by atoms with van der Waals surface area (Å²) in [5.74, 6) is -0.520. The highest BCUT2D eigenvalue weighted by Crippen LogP contribution is 2.26. The van der Waals surface area contributed by atoms with Crippen molar-refractivity contribution in [2.24, 2.45) is 0 Å². The Kier molecular flexibility index (Phi) is 10.9. The van der Waals surface area contributed by atoms with Crippen molar-refractivity contribution in [1.82, 2.24) is 14.9 Å². The van der Waals surface area contributed by atoms with Gasteiger partial charge in [-0.05, 0) is 46.9 Å². The zero-order valence-electron chi connectivity index (χ0n) is 23.4. The molecule has 7 nitrogen and oxygen atoms in total. The van der Waals surface area contributed by atoms with E-state index in [-0.39, 0.29) is 36.2 Å². The van der Waals surface area contributed by atoms with E-state index in [9.17, 15) is 18.0 Å². The molecule has 0 spiro atoms. The quantitative estimate of drug-likeness (QED) is 0.206. The lowest BCUT2D eigenvalue weighted by atomic mass is 10.0. The van der Waals surface area contributed by atoms with Crippen LogP contribution in [0.2, 0.25) is 5.02 Å². The number of carbonyl (C=O) groups excluding carboxylic acids is 2. The van der Waals surface area contributed by atoms with Crippen molar-refractivity contribution in [3.63, 3.8) is 0 Å². The zero-order chi connectivity index (χ0) is 30.0. The molecule has 0 aliphatic heterocycles.